The van der Waals surface area contributed by atoms with E-state index in [9.17, 15) is 13.2 Å². The second-order valence-corrected chi connectivity index (χ2v) is 8.66. The van der Waals surface area contributed by atoms with E-state index in [1.807, 2.05) is 56.0 Å². The monoisotopic (exact) mass is 525 g/mol. The minimum atomic E-state index is -4.40. The van der Waals surface area contributed by atoms with Gasteiger partial charge in [-0.05, 0) is 68.8 Å². The van der Waals surface area contributed by atoms with Gasteiger partial charge in [0.1, 0.15) is 25.1 Å². The molecule has 0 aliphatic rings. The molecule has 10 heteroatoms. The van der Waals surface area contributed by atoms with Crippen LogP contribution in [0.1, 0.15) is 30.8 Å². The van der Waals surface area contributed by atoms with E-state index >= 15 is 0 Å². The van der Waals surface area contributed by atoms with E-state index in [4.69, 9.17) is 19.4 Å². The van der Waals surface area contributed by atoms with Crippen LogP contribution < -0.4 is 5.32 Å². The third-order valence-corrected chi connectivity index (χ3v) is 5.82. The molecule has 4 aromatic rings. The summed E-state index contributed by atoms with van der Waals surface area (Å²) < 4.78 is 50.3. The average molecular weight is 526 g/mol. The van der Waals surface area contributed by atoms with Crippen molar-refractivity contribution in [1.29, 1.82) is 0 Å². The van der Waals surface area contributed by atoms with Crippen molar-refractivity contribution >= 4 is 22.4 Å². The van der Waals surface area contributed by atoms with Crippen molar-refractivity contribution in [3.8, 4) is 11.3 Å². The highest BCUT2D eigenvalue weighted by Gasteiger charge is 2.30. The summed E-state index contributed by atoms with van der Waals surface area (Å²) in [5.74, 6) is 1.00. The number of alkyl halides is 3. The van der Waals surface area contributed by atoms with Gasteiger partial charge in [-0.3, -0.25) is 9.88 Å². The summed E-state index contributed by atoms with van der Waals surface area (Å²) in [4.78, 5) is 16.0. The number of halogens is 3. The zero-order valence-electron chi connectivity index (χ0n) is 21.5. The predicted octanol–water partition coefficient (Wildman–Crippen LogP) is 6.55. The van der Waals surface area contributed by atoms with Crippen LogP contribution in [0.3, 0.4) is 0 Å². The van der Waals surface area contributed by atoms with Gasteiger partial charge in [0, 0.05) is 36.0 Å². The fourth-order valence-electron chi connectivity index (χ4n) is 3.93. The Morgan fingerprint density at radius 2 is 1.63 bits per heavy atom. The van der Waals surface area contributed by atoms with Gasteiger partial charge in [-0.2, -0.15) is 13.2 Å². The summed E-state index contributed by atoms with van der Waals surface area (Å²) in [6.07, 6.45) is -2.66. The number of pyridine rings is 1. The largest absolute Gasteiger partial charge is 0.416 e. The minimum Gasteiger partial charge on any atom is -0.366 e. The molecule has 0 saturated carbocycles. The smallest absolute Gasteiger partial charge is 0.366 e. The first-order chi connectivity index (χ1) is 18.3. The van der Waals surface area contributed by atoms with E-state index in [0.717, 1.165) is 34.3 Å². The Labute approximate surface area is 219 Å². The van der Waals surface area contributed by atoms with Crippen molar-refractivity contribution in [2.75, 3.05) is 32.0 Å². The highest BCUT2D eigenvalue weighted by molar-refractivity contribution is 5.93. The fraction of sp³-hybridized carbons (Fsp3) is 0.321. The second-order valence-electron chi connectivity index (χ2n) is 8.66. The third kappa shape index (κ3) is 6.83. The van der Waals surface area contributed by atoms with Gasteiger partial charge in [0.05, 0.1) is 23.3 Å². The standard InChI is InChI=1S/C28H30F3N5O2/c1-4-37-17-36(18-38-5-2)16-25-34-24-15-20(26-19(3)7-6-14-32-26)8-13-23(24)27(35-25)33-22-11-9-21(10-12-22)28(29,30)31/h6-15H,4-5,16-18H2,1-3H3,(H,33,34,35). The molecule has 1 N–H and O–H groups in total. The molecule has 200 valence electrons. The number of fused-ring (bicyclic) bond motifs is 1. The van der Waals surface area contributed by atoms with Crippen molar-refractivity contribution in [2.45, 2.75) is 33.5 Å². The molecule has 0 amide bonds. The van der Waals surface area contributed by atoms with E-state index in [-0.39, 0.29) is 0 Å². The summed E-state index contributed by atoms with van der Waals surface area (Å²) in [5, 5.41) is 3.91. The number of anilines is 2. The Hall–Kier alpha value is -3.60. The molecule has 0 spiro atoms. The molecule has 4 rings (SSSR count). The summed E-state index contributed by atoms with van der Waals surface area (Å²) in [6.45, 7) is 7.96. The predicted molar refractivity (Wildman–Crippen MR) is 141 cm³/mol. The van der Waals surface area contributed by atoms with E-state index in [1.54, 1.807) is 6.20 Å². The quantitative estimate of drug-likeness (QED) is 0.223. The summed E-state index contributed by atoms with van der Waals surface area (Å²) >= 11 is 0. The summed E-state index contributed by atoms with van der Waals surface area (Å²) in [5.41, 5.74) is 3.23. The zero-order valence-corrected chi connectivity index (χ0v) is 21.5. The number of aromatic nitrogens is 3. The van der Waals surface area contributed by atoms with Crippen LogP contribution in [0.15, 0.2) is 60.8 Å². The van der Waals surface area contributed by atoms with Gasteiger partial charge in [0.25, 0.3) is 0 Å². The number of hydrogen-bond donors (Lipinski definition) is 1. The van der Waals surface area contributed by atoms with E-state index in [1.165, 1.54) is 12.1 Å². The van der Waals surface area contributed by atoms with Crippen LogP contribution >= 0.6 is 0 Å². The Morgan fingerprint density at radius 3 is 2.26 bits per heavy atom. The minimum absolute atomic E-state index is 0.340. The number of aryl methyl sites for hydroxylation is 1. The SMILES string of the molecule is CCOCN(COCC)Cc1nc(Nc2ccc(C(F)(F)F)cc2)c2ccc(-c3ncccc3C)cc2n1. The molecule has 0 aliphatic heterocycles. The molecular formula is C28H30F3N5O2. The van der Waals surface area contributed by atoms with E-state index in [0.29, 0.717) is 56.1 Å². The zero-order chi connectivity index (χ0) is 27.1. The normalized spacial score (nSPS) is 11.9. The molecule has 2 aromatic carbocycles. The van der Waals surface area contributed by atoms with Gasteiger partial charge in [-0.15, -0.1) is 0 Å². The topological polar surface area (TPSA) is 72.4 Å². The molecule has 0 saturated heterocycles. The molecule has 0 fully saturated rings. The van der Waals surface area contributed by atoms with Gasteiger partial charge in [0.15, 0.2) is 0 Å². The van der Waals surface area contributed by atoms with E-state index < -0.39 is 11.7 Å². The number of rotatable bonds is 11. The Morgan fingerprint density at radius 1 is 0.921 bits per heavy atom. The maximum atomic E-state index is 13.0. The lowest BCUT2D eigenvalue weighted by Crippen LogP contribution is -2.29. The van der Waals surface area contributed by atoms with Gasteiger partial charge in [-0.25, -0.2) is 9.97 Å². The first-order valence-corrected chi connectivity index (χ1v) is 12.3. The van der Waals surface area contributed by atoms with Crippen molar-refractivity contribution in [3.05, 3.63) is 77.7 Å². The molecule has 0 bridgehead atoms. The lowest BCUT2D eigenvalue weighted by molar-refractivity contribution is -0.137. The molecule has 0 atom stereocenters. The van der Waals surface area contributed by atoms with Crippen LogP contribution in [0.5, 0.6) is 0 Å². The molecule has 0 unspecified atom stereocenters. The molecule has 2 aromatic heterocycles. The third-order valence-electron chi connectivity index (χ3n) is 5.82. The van der Waals surface area contributed by atoms with Crippen molar-refractivity contribution in [1.82, 2.24) is 19.9 Å². The molecule has 2 heterocycles. The van der Waals surface area contributed by atoms with Gasteiger partial charge in [0.2, 0.25) is 0 Å². The Kier molecular flexibility index (Phi) is 8.88. The molecule has 0 aliphatic carbocycles. The van der Waals surface area contributed by atoms with Gasteiger partial charge in [-0.1, -0.05) is 12.1 Å². The number of nitrogens with zero attached hydrogens (tertiary/aromatic N) is 4. The first-order valence-electron chi connectivity index (χ1n) is 12.3. The average Bonchev–Trinajstić information content (AvgIpc) is 2.90. The summed E-state index contributed by atoms with van der Waals surface area (Å²) in [7, 11) is 0. The maximum Gasteiger partial charge on any atom is 0.416 e. The molecular weight excluding hydrogens is 495 g/mol. The van der Waals surface area contributed by atoms with Crippen LogP contribution in [-0.2, 0) is 22.2 Å². The van der Waals surface area contributed by atoms with E-state index in [2.05, 4.69) is 10.3 Å². The highest BCUT2D eigenvalue weighted by Crippen LogP contribution is 2.32. The summed E-state index contributed by atoms with van der Waals surface area (Å²) in [6, 6.07) is 14.5. The first kappa shape index (κ1) is 27.4. The lowest BCUT2D eigenvalue weighted by atomic mass is 10.0. The fourth-order valence-corrected chi connectivity index (χ4v) is 3.93. The van der Waals surface area contributed by atoms with Crippen LogP contribution in [0.25, 0.3) is 22.2 Å². The van der Waals surface area contributed by atoms with Crippen LogP contribution in [0, 0.1) is 6.92 Å². The maximum absolute atomic E-state index is 13.0. The molecule has 38 heavy (non-hydrogen) atoms. The van der Waals surface area contributed by atoms with Gasteiger partial charge >= 0.3 is 6.18 Å². The van der Waals surface area contributed by atoms with Gasteiger partial charge < -0.3 is 14.8 Å². The van der Waals surface area contributed by atoms with Crippen LogP contribution in [-0.4, -0.2) is 46.5 Å². The lowest BCUT2D eigenvalue weighted by Gasteiger charge is -2.21. The molecule has 7 nitrogen and oxygen atoms in total. The number of hydrogen-bond acceptors (Lipinski definition) is 7. The van der Waals surface area contributed by atoms with Crippen LogP contribution in [0.2, 0.25) is 0 Å². The molecule has 0 radical (unpaired) electrons. The van der Waals surface area contributed by atoms with Crippen molar-refractivity contribution < 1.29 is 22.6 Å². The number of ether oxygens (including phenoxy) is 2. The number of nitrogens with one attached hydrogen (secondary N) is 1. The Bertz CT molecular complexity index is 1360. The van der Waals surface area contributed by atoms with Crippen LogP contribution in [0.4, 0.5) is 24.7 Å². The second kappa shape index (κ2) is 12.3. The Balaban J connectivity index is 1.74. The van der Waals surface area contributed by atoms with Crippen molar-refractivity contribution in [2.24, 2.45) is 0 Å². The van der Waals surface area contributed by atoms with Crippen molar-refractivity contribution in [3.63, 3.8) is 0 Å². The number of benzene rings is 2. The highest BCUT2D eigenvalue weighted by atomic mass is 19.4.